The smallest absolute Gasteiger partial charge is 0.264 e. The molecule has 6 nitrogen and oxygen atoms in total. The Morgan fingerprint density at radius 2 is 1.77 bits per heavy atom. The summed E-state index contributed by atoms with van der Waals surface area (Å²) in [6.45, 7) is 0.230. The number of amides is 1. The van der Waals surface area contributed by atoms with Crippen molar-refractivity contribution in [2.75, 3.05) is 12.9 Å². The molecule has 0 aromatic heterocycles. The van der Waals surface area contributed by atoms with Crippen molar-refractivity contribution >= 4 is 22.2 Å². The summed E-state index contributed by atoms with van der Waals surface area (Å²) in [5, 5.41) is 5.66. The van der Waals surface area contributed by atoms with Crippen LogP contribution in [-0.2, 0) is 19.1 Å². The first-order valence-electron chi connectivity index (χ1n) is 10.8. The first kappa shape index (κ1) is 22.3. The van der Waals surface area contributed by atoms with Gasteiger partial charge in [0.2, 0.25) is 5.91 Å². The number of hydrazone groups is 1. The molecule has 4 aliphatic rings. The Kier molecular flexibility index (Phi) is 5.93. The molecule has 0 spiro atoms. The van der Waals surface area contributed by atoms with Gasteiger partial charge in [0, 0.05) is 18.7 Å². The minimum atomic E-state index is -3.36. The molecule has 1 aromatic carbocycles. The molecule has 1 heterocycles. The molecule has 0 N–H and O–H groups in total. The molecule has 0 radical (unpaired) electrons. The fraction of sp³-hybridized carbons (Fsp3) is 0.636. The van der Waals surface area contributed by atoms with E-state index in [2.05, 4.69) is 5.10 Å². The van der Waals surface area contributed by atoms with Gasteiger partial charge in [0.25, 0.3) is 10.1 Å². The van der Waals surface area contributed by atoms with E-state index in [4.69, 9.17) is 4.18 Å². The molecule has 3 fully saturated rings. The number of unbranched alkanes of at least 4 members (excludes halogenated alkanes) is 3. The van der Waals surface area contributed by atoms with Crippen LogP contribution in [0.15, 0.2) is 23.3 Å². The third-order valence-corrected chi connectivity index (χ3v) is 7.40. The largest absolute Gasteiger partial charge is 0.272 e. The normalized spacial score (nSPS) is 29.0. The van der Waals surface area contributed by atoms with Crippen LogP contribution in [0.1, 0.15) is 69.4 Å². The summed E-state index contributed by atoms with van der Waals surface area (Å²) in [6, 6.07) is 2.92. The van der Waals surface area contributed by atoms with Crippen LogP contribution in [0.3, 0.4) is 0 Å². The van der Waals surface area contributed by atoms with Gasteiger partial charge in [-0.3, -0.25) is 8.98 Å². The Bertz CT molecular complexity index is 955. The molecule has 1 unspecified atom stereocenters. The number of carbonyl (C=O) groups is 1. The van der Waals surface area contributed by atoms with E-state index in [0.717, 1.165) is 63.7 Å². The monoisotopic (exact) mass is 454 g/mol. The fourth-order valence-corrected chi connectivity index (χ4v) is 5.97. The summed E-state index contributed by atoms with van der Waals surface area (Å²) < 4.78 is 53.8. The van der Waals surface area contributed by atoms with Gasteiger partial charge >= 0.3 is 0 Å². The van der Waals surface area contributed by atoms with E-state index in [9.17, 15) is 22.0 Å². The zero-order chi connectivity index (χ0) is 22.3. The van der Waals surface area contributed by atoms with Crippen LogP contribution in [0.4, 0.5) is 8.78 Å². The number of nitrogens with zero attached hydrogens (tertiary/aromatic N) is 2. The molecule has 3 saturated carbocycles. The van der Waals surface area contributed by atoms with E-state index in [0.29, 0.717) is 12.0 Å². The van der Waals surface area contributed by atoms with E-state index >= 15 is 0 Å². The maximum absolute atomic E-state index is 13.6. The van der Waals surface area contributed by atoms with Crippen LogP contribution < -0.4 is 0 Å². The molecule has 3 aliphatic carbocycles. The zero-order valence-corrected chi connectivity index (χ0v) is 18.5. The molecule has 31 heavy (non-hydrogen) atoms. The Morgan fingerprint density at radius 3 is 2.42 bits per heavy atom. The molecule has 9 heteroatoms. The standard InChI is InChI=1S/C22H28F2N2O4S/c1-31(28,29)30-9-5-3-2-4-7-21-13-22(14-21,15-21)20(27)26-19(6-8-25-26)16-10-17(23)12-18(24)11-16/h8,10-12,19H,2-7,9,13-15H2,1H3. The maximum Gasteiger partial charge on any atom is 0.264 e. The van der Waals surface area contributed by atoms with Crippen molar-refractivity contribution in [3.63, 3.8) is 0 Å². The highest BCUT2D eigenvalue weighted by Gasteiger charge is 2.71. The van der Waals surface area contributed by atoms with Crippen LogP contribution in [0, 0.1) is 22.5 Å². The first-order valence-corrected chi connectivity index (χ1v) is 12.6. The van der Waals surface area contributed by atoms with Crippen molar-refractivity contribution in [1.82, 2.24) is 5.01 Å². The lowest BCUT2D eigenvalue weighted by Gasteiger charge is -2.70. The predicted molar refractivity (Wildman–Crippen MR) is 112 cm³/mol. The van der Waals surface area contributed by atoms with E-state index in [1.165, 1.54) is 17.1 Å². The van der Waals surface area contributed by atoms with Crippen LogP contribution in [0.5, 0.6) is 0 Å². The predicted octanol–water partition coefficient (Wildman–Crippen LogP) is 4.32. The summed E-state index contributed by atoms with van der Waals surface area (Å²) >= 11 is 0. The van der Waals surface area contributed by atoms with Crippen molar-refractivity contribution < 1.29 is 26.2 Å². The van der Waals surface area contributed by atoms with Crippen LogP contribution in [0.2, 0.25) is 0 Å². The number of carbonyl (C=O) groups excluding carboxylic acids is 1. The Morgan fingerprint density at radius 1 is 1.13 bits per heavy atom. The Hall–Kier alpha value is -1.87. The average molecular weight is 455 g/mol. The number of halogens is 2. The van der Waals surface area contributed by atoms with Gasteiger partial charge in [-0.2, -0.15) is 13.5 Å². The second-order valence-electron chi connectivity index (χ2n) is 9.40. The topological polar surface area (TPSA) is 76.0 Å². The summed E-state index contributed by atoms with van der Waals surface area (Å²) in [4.78, 5) is 13.2. The SMILES string of the molecule is CS(=O)(=O)OCCCCCCC12CC(C(=O)N3N=CCC3c3cc(F)cc(F)c3)(C1)C2. The fourth-order valence-electron chi connectivity index (χ4n) is 5.55. The molecular weight excluding hydrogens is 426 g/mol. The molecule has 170 valence electrons. The first-order chi connectivity index (χ1) is 14.6. The van der Waals surface area contributed by atoms with Crippen molar-refractivity contribution in [2.45, 2.75) is 63.8 Å². The highest BCUT2D eigenvalue weighted by atomic mass is 32.2. The van der Waals surface area contributed by atoms with Gasteiger partial charge in [-0.05, 0) is 55.2 Å². The Labute approximate surface area is 181 Å². The molecule has 1 atom stereocenters. The van der Waals surface area contributed by atoms with Gasteiger partial charge in [-0.1, -0.05) is 19.3 Å². The van der Waals surface area contributed by atoms with Crippen molar-refractivity contribution in [3.8, 4) is 0 Å². The van der Waals surface area contributed by atoms with E-state index in [1.807, 2.05) is 0 Å². The third-order valence-electron chi connectivity index (χ3n) is 6.80. The quantitative estimate of drug-likeness (QED) is 0.390. The van der Waals surface area contributed by atoms with Crippen molar-refractivity contribution in [2.24, 2.45) is 15.9 Å². The molecule has 5 rings (SSSR count). The van der Waals surface area contributed by atoms with Crippen molar-refractivity contribution in [1.29, 1.82) is 0 Å². The molecular formula is C22H28F2N2O4S. The minimum Gasteiger partial charge on any atom is -0.272 e. The lowest BCUT2D eigenvalue weighted by Crippen LogP contribution is -2.67. The molecule has 0 saturated heterocycles. The summed E-state index contributed by atoms with van der Waals surface area (Å²) in [7, 11) is -3.36. The van der Waals surface area contributed by atoms with Crippen LogP contribution in [0.25, 0.3) is 0 Å². The van der Waals surface area contributed by atoms with E-state index in [1.54, 1.807) is 6.21 Å². The third kappa shape index (κ3) is 4.67. The van der Waals surface area contributed by atoms with Gasteiger partial charge in [-0.15, -0.1) is 0 Å². The molecule has 1 aromatic rings. The van der Waals surface area contributed by atoms with E-state index < -0.39 is 27.8 Å². The van der Waals surface area contributed by atoms with E-state index in [-0.39, 0.29) is 23.3 Å². The lowest BCUT2D eigenvalue weighted by atomic mass is 9.33. The molecule has 1 aliphatic heterocycles. The second-order valence-corrected chi connectivity index (χ2v) is 11.0. The maximum atomic E-state index is 13.6. The van der Waals surface area contributed by atoms with Gasteiger partial charge in [0.05, 0.1) is 24.3 Å². The summed E-state index contributed by atoms with van der Waals surface area (Å²) in [5.74, 6) is -1.33. The number of benzene rings is 1. The number of hydrogen-bond acceptors (Lipinski definition) is 5. The molecule has 2 bridgehead atoms. The lowest BCUT2D eigenvalue weighted by molar-refractivity contribution is -0.220. The van der Waals surface area contributed by atoms with Crippen molar-refractivity contribution in [3.05, 3.63) is 35.4 Å². The van der Waals surface area contributed by atoms with Gasteiger partial charge in [0.15, 0.2) is 0 Å². The number of rotatable bonds is 10. The number of hydrogen-bond donors (Lipinski definition) is 0. The highest BCUT2D eigenvalue weighted by Crippen LogP contribution is 2.76. The Balaban J connectivity index is 1.23. The summed E-state index contributed by atoms with van der Waals surface area (Å²) in [6.07, 6.45) is 10.5. The summed E-state index contributed by atoms with van der Waals surface area (Å²) in [5.41, 5.74) is 0.308. The van der Waals surface area contributed by atoms with Gasteiger partial charge in [0.1, 0.15) is 11.6 Å². The minimum absolute atomic E-state index is 0.0317. The van der Waals surface area contributed by atoms with Gasteiger partial charge in [-0.25, -0.2) is 13.8 Å². The zero-order valence-electron chi connectivity index (χ0n) is 17.6. The molecule has 1 amide bonds. The van der Waals surface area contributed by atoms with Crippen LogP contribution in [-0.4, -0.2) is 38.4 Å². The van der Waals surface area contributed by atoms with Crippen LogP contribution >= 0.6 is 0 Å². The van der Waals surface area contributed by atoms with Gasteiger partial charge < -0.3 is 0 Å². The second kappa shape index (κ2) is 8.24. The highest BCUT2D eigenvalue weighted by molar-refractivity contribution is 7.85. The average Bonchev–Trinajstić information content (AvgIpc) is 3.09.